The summed E-state index contributed by atoms with van der Waals surface area (Å²) in [4.78, 5) is 11.5. The van der Waals surface area contributed by atoms with Crippen LogP contribution < -0.4 is 14.8 Å². The number of carbonyl (C=O) groups is 1. The van der Waals surface area contributed by atoms with Crippen molar-refractivity contribution in [3.8, 4) is 11.5 Å². The van der Waals surface area contributed by atoms with Gasteiger partial charge in [0.2, 0.25) is 0 Å². The van der Waals surface area contributed by atoms with E-state index >= 15 is 0 Å². The van der Waals surface area contributed by atoms with E-state index in [2.05, 4.69) is 60.8 Å². The van der Waals surface area contributed by atoms with Crippen LogP contribution >= 0.6 is 12.4 Å². The highest BCUT2D eigenvalue weighted by atomic mass is 35.5. The van der Waals surface area contributed by atoms with Crippen molar-refractivity contribution >= 4 is 29.1 Å². The van der Waals surface area contributed by atoms with E-state index < -0.39 is 5.97 Å². The van der Waals surface area contributed by atoms with Crippen LogP contribution in [0.3, 0.4) is 0 Å². The first-order valence-electron chi connectivity index (χ1n) is 11.9. The van der Waals surface area contributed by atoms with Gasteiger partial charge in [-0.2, -0.15) is 0 Å². The van der Waals surface area contributed by atoms with Crippen molar-refractivity contribution in [2.75, 3.05) is 13.7 Å². The van der Waals surface area contributed by atoms with Crippen molar-refractivity contribution < 1.29 is 19.4 Å². The molecular formula is C30H30ClNO4. The molecule has 2 N–H and O–H groups in total. The minimum atomic E-state index is -0.966. The maximum absolute atomic E-state index is 11.5. The van der Waals surface area contributed by atoms with Gasteiger partial charge in [0.05, 0.1) is 12.7 Å². The molecule has 0 aliphatic carbocycles. The van der Waals surface area contributed by atoms with Crippen molar-refractivity contribution in [2.24, 2.45) is 0 Å². The molecule has 0 bridgehead atoms. The standard InChI is InChI=1S/C30H29NO4.ClH/c1-19(23-12-7-9-20-8-3-4-10-24(20)23)31-18-22-17-27(25-11-5-6-13-28(25)35-22)26-15-14-21(30(32)33)16-29(26)34-2;/h3-16,19,22,27,31H,17-18H2,1-2H3,(H,32,33);1H/t19-,22-,27+;/m1./s1. The van der Waals surface area contributed by atoms with Crippen molar-refractivity contribution in [3.05, 3.63) is 107 Å². The Labute approximate surface area is 217 Å². The minimum absolute atomic E-state index is 0. The monoisotopic (exact) mass is 503 g/mol. The van der Waals surface area contributed by atoms with Crippen LogP contribution in [0, 0.1) is 0 Å². The number of rotatable bonds is 7. The molecule has 0 saturated heterocycles. The van der Waals surface area contributed by atoms with Crippen LogP contribution in [-0.2, 0) is 0 Å². The van der Waals surface area contributed by atoms with Crippen LogP contribution in [0.2, 0.25) is 0 Å². The van der Waals surface area contributed by atoms with Crippen LogP contribution in [0.15, 0.2) is 84.9 Å². The number of carboxylic acids is 1. The highest BCUT2D eigenvalue weighted by molar-refractivity contribution is 5.88. The number of carboxylic acid groups (broad SMARTS) is 1. The number of methoxy groups -OCH3 is 1. The summed E-state index contributed by atoms with van der Waals surface area (Å²) in [6, 6.07) is 28.2. The molecule has 0 saturated carbocycles. The van der Waals surface area contributed by atoms with E-state index in [-0.39, 0.29) is 36.0 Å². The lowest BCUT2D eigenvalue weighted by atomic mass is 9.83. The Bertz CT molecular complexity index is 1370. The largest absolute Gasteiger partial charge is 0.496 e. The highest BCUT2D eigenvalue weighted by Gasteiger charge is 2.31. The van der Waals surface area contributed by atoms with Gasteiger partial charge in [0.15, 0.2) is 0 Å². The summed E-state index contributed by atoms with van der Waals surface area (Å²) < 4.78 is 12.0. The van der Waals surface area contributed by atoms with Crippen molar-refractivity contribution in [2.45, 2.75) is 31.4 Å². The lowest BCUT2D eigenvalue weighted by Gasteiger charge is -2.34. The van der Waals surface area contributed by atoms with Crippen LogP contribution in [0.5, 0.6) is 11.5 Å². The molecule has 0 fully saturated rings. The molecule has 186 valence electrons. The normalized spacial score (nSPS) is 17.4. The third-order valence-corrected chi connectivity index (χ3v) is 6.88. The summed E-state index contributed by atoms with van der Waals surface area (Å²) in [6.07, 6.45) is 0.714. The van der Waals surface area contributed by atoms with Crippen LogP contribution in [0.4, 0.5) is 0 Å². The SMILES string of the molecule is COc1cc(C(=O)O)ccc1[C@H]1C[C@H](CN[C@H](C)c2cccc3ccccc23)Oc2ccccc21.Cl. The summed E-state index contributed by atoms with van der Waals surface area (Å²) >= 11 is 0. The second kappa shape index (κ2) is 11.0. The van der Waals surface area contributed by atoms with Crippen LogP contribution in [0.25, 0.3) is 10.8 Å². The summed E-state index contributed by atoms with van der Waals surface area (Å²) in [7, 11) is 1.58. The molecule has 4 aromatic rings. The van der Waals surface area contributed by atoms with Gasteiger partial charge in [-0.1, -0.05) is 66.7 Å². The molecule has 0 radical (unpaired) electrons. The van der Waals surface area contributed by atoms with Gasteiger partial charge in [0.25, 0.3) is 0 Å². The van der Waals surface area contributed by atoms with Gasteiger partial charge in [-0.3, -0.25) is 0 Å². The Morgan fingerprint density at radius 3 is 2.58 bits per heavy atom. The fourth-order valence-corrected chi connectivity index (χ4v) is 5.09. The molecule has 1 heterocycles. The zero-order valence-corrected chi connectivity index (χ0v) is 21.1. The Morgan fingerprint density at radius 1 is 1.03 bits per heavy atom. The zero-order chi connectivity index (χ0) is 24.4. The predicted molar refractivity (Wildman–Crippen MR) is 145 cm³/mol. The van der Waals surface area contributed by atoms with Crippen molar-refractivity contribution in [1.82, 2.24) is 5.32 Å². The van der Waals surface area contributed by atoms with E-state index in [1.165, 1.54) is 16.3 Å². The van der Waals surface area contributed by atoms with Crippen molar-refractivity contribution in [1.29, 1.82) is 0 Å². The topological polar surface area (TPSA) is 67.8 Å². The fourth-order valence-electron chi connectivity index (χ4n) is 5.09. The predicted octanol–water partition coefficient (Wildman–Crippen LogP) is 6.60. The number of hydrogen-bond donors (Lipinski definition) is 2. The molecule has 36 heavy (non-hydrogen) atoms. The number of halogens is 1. The first kappa shape index (κ1) is 25.5. The van der Waals surface area contributed by atoms with E-state index in [0.717, 1.165) is 23.3 Å². The number of nitrogens with one attached hydrogen (secondary N) is 1. The van der Waals surface area contributed by atoms with E-state index in [1.54, 1.807) is 19.2 Å². The van der Waals surface area contributed by atoms with Gasteiger partial charge < -0.3 is 19.9 Å². The number of ether oxygens (including phenoxy) is 2. The molecule has 0 unspecified atom stereocenters. The van der Waals surface area contributed by atoms with Crippen LogP contribution in [0.1, 0.15) is 52.4 Å². The lowest BCUT2D eigenvalue weighted by Crippen LogP contribution is -2.37. The van der Waals surface area contributed by atoms with E-state index in [1.807, 2.05) is 24.3 Å². The Hall–Kier alpha value is -3.54. The molecule has 0 spiro atoms. The number of fused-ring (bicyclic) bond motifs is 2. The maximum Gasteiger partial charge on any atom is 0.335 e. The quantitative estimate of drug-likeness (QED) is 0.297. The Balaban J connectivity index is 0.00000304. The van der Waals surface area contributed by atoms with E-state index in [9.17, 15) is 9.90 Å². The molecule has 3 atom stereocenters. The van der Waals surface area contributed by atoms with Crippen molar-refractivity contribution in [3.63, 3.8) is 0 Å². The highest BCUT2D eigenvalue weighted by Crippen LogP contribution is 2.43. The second-order valence-electron chi connectivity index (χ2n) is 9.03. The molecule has 5 rings (SSSR count). The maximum atomic E-state index is 11.5. The molecule has 0 aromatic heterocycles. The average Bonchev–Trinajstić information content (AvgIpc) is 2.90. The molecule has 5 nitrogen and oxygen atoms in total. The van der Waals surface area contributed by atoms with Gasteiger partial charge >= 0.3 is 5.97 Å². The zero-order valence-electron chi connectivity index (χ0n) is 20.3. The van der Waals surface area contributed by atoms with Gasteiger partial charge in [-0.05, 0) is 47.9 Å². The van der Waals surface area contributed by atoms with E-state index in [4.69, 9.17) is 9.47 Å². The molecule has 0 amide bonds. The summed E-state index contributed by atoms with van der Waals surface area (Å²) in [6.45, 7) is 2.87. The van der Waals surface area contributed by atoms with E-state index in [0.29, 0.717) is 12.3 Å². The Kier molecular flexibility index (Phi) is 7.82. The molecule has 1 aliphatic rings. The third kappa shape index (κ3) is 5.03. The number of aromatic carboxylic acids is 1. The van der Waals surface area contributed by atoms with Gasteiger partial charge in [-0.25, -0.2) is 4.79 Å². The van der Waals surface area contributed by atoms with Crippen LogP contribution in [-0.4, -0.2) is 30.8 Å². The molecule has 4 aromatic carbocycles. The molecular weight excluding hydrogens is 474 g/mol. The number of benzene rings is 4. The third-order valence-electron chi connectivity index (χ3n) is 6.88. The summed E-state index contributed by atoms with van der Waals surface area (Å²) in [5.41, 5.74) is 3.54. The lowest BCUT2D eigenvalue weighted by molar-refractivity contribution is 0.0696. The summed E-state index contributed by atoms with van der Waals surface area (Å²) in [5, 5.41) is 15.6. The first-order chi connectivity index (χ1) is 17.0. The average molecular weight is 504 g/mol. The number of hydrogen-bond acceptors (Lipinski definition) is 4. The summed E-state index contributed by atoms with van der Waals surface area (Å²) in [5.74, 6) is 0.518. The second-order valence-corrected chi connectivity index (χ2v) is 9.03. The molecule has 6 heteroatoms. The molecule has 1 aliphatic heterocycles. The smallest absolute Gasteiger partial charge is 0.335 e. The van der Waals surface area contributed by atoms with Gasteiger partial charge in [0.1, 0.15) is 17.6 Å². The first-order valence-corrected chi connectivity index (χ1v) is 11.9. The fraction of sp³-hybridized carbons (Fsp3) is 0.233. The van der Waals surface area contributed by atoms with Gasteiger partial charge in [-0.15, -0.1) is 12.4 Å². The minimum Gasteiger partial charge on any atom is -0.496 e. The van der Waals surface area contributed by atoms with Gasteiger partial charge in [0, 0.05) is 29.6 Å². The number of para-hydroxylation sites is 1. The Morgan fingerprint density at radius 2 is 1.78 bits per heavy atom.